The highest BCUT2D eigenvalue weighted by atomic mass is 35.5. The van der Waals surface area contributed by atoms with Gasteiger partial charge >= 0.3 is 0 Å². The number of hydrogen-bond donors (Lipinski definition) is 1. The number of rotatable bonds is 11. The molecule has 33 heavy (non-hydrogen) atoms. The molecule has 0 fully saturated rings. The molecule has 0 aromatic heterocycles. The molecule has 1 unspecified atom stereocenters. The van der Waals surface area contributed by atoms with Crippen LogP contribution in [-0.4, -0.2) is 50.5 Å². The third-order valence-corrected chi connectivity index (χ3v) is 6.72. The van der Waals surface area contributed by atoms with E-state index in [0.717, 1.165) is 28.1 Å². The lowest BCUT2D eigenvalue weighted by molar-refractivity contribution is -0.140. The smallest absolute Gasteiger partial charge is 0.244 e. The van der Waals surface area contributed by atoms with Crippen LogP contribution in [-0.2, 0) is 26.2 Å². The van der Waals surface area contributed by atoms with Gasteiger partial charge in [0.2, 0.25) is 21.8 Å². The number of benzene rings is 2. The Labute approximate surface area is 201 Å². The normalized spacial score (nSPS) is 12.2. The second kappa shape index (κ2) is 12.0. The summed E-state index contributed by atoms with van der Waals surface area (Å²) in [4.78, 5) is 27.9. The van der Waals surface area contributed by atoms with Crippen molar-refractivity contribution in [1.29, 1.82) is 0 Å². The molecule has 1 N–H and O–H groups in total. The molecule has 0 bridgehead atoms. The monoisotopic (exact) mass is 493 g/mol. The molecule has 2 rings (SSSR count). The maximum absolute atomic E-state index is 13.5. The summed E-state index contributed by atoms with van der Waals surface area (Å²) in [6, 6.07) is 13.1. The molecule has 180 valence electrons. The van der Waals surface area contributed by atoms with Crippen LogP contribution in [0.15, 0.2) is 48.5 Å². The van der Waals surface area contributed by atoms with E-state index in [1.807, 2.05) is 45.0 Å². The predicted molar refractivity (Wildman–Crippen MR) is 133 cm³/mol. The highest BCUT2D eigenvalue weighted by molar-refractivity contribution is 7.92. The fraction of sp³-hybridized carbons (Fsp3) is 0.417. The Kier molecular flexibility index (Phi) is 9.73. The van der Waals surface area contributed by atoms with Crippen LogP contribution in [0.1, 0.15) is 37.8 Å². The first-order chi connectivity index (χ1) is 15.6. The van der Waals surface area contributed by atoms with E-state index < -0.39 is 28.5 Å². The molecule has 0 saturated heterocycles. The fourth-order valence-corrected chi connectivity index (χ4v) is 4.45. The van der Waals surface area contributed by atoms with E-state index in [1.54, 1.807) is 24.3 Å². The molecular formula is C24H32ClN3O4S. The highest BCUT2D eigenvalue weighted by Gasteiger charge is 2.31. The number of carbonyl (C=O) groups excluding carboxylic acids is 2. The van der Waals surface area contributed by atoms with Crippen molar-refractivity contribution in [2.45, 2.75) is 46.2 Å². The van der Waals surface area contributed by atoms with Gasteiger partial charge in [-0.05, 0) is 55.2 Å². The van der Waals surface area contributed by atoms with Crippen molar-refractivity contribution in [3.05, 3.63) is 64.7 Å². The second-order valence-electron chi connectivity index (χ2n) is 7.91. The maximum atomic E-state index is 13.5. The van der Waals surface area contributed by atoms with E-state index >= 15 is 0 Å². The van der Waals surface area contributed by atoms with Crippen LogP contribution in [0.4, 0.5) is 5.69 Å². The lowest BCUT2D eigenvalue weighted by atomic mass is 10.1. The summed E-state index contributed by atoms with van der Waals surface area (Å²) in [5.74, 6) is -0.712. The van der Waals surface area contributed by atoms with Crippen LogP contribution >= 0.6 is 11.6 Å². The third-order valence-electron chi connectivity index (χ3n) is 5.33. The molecule has 0 radical (unpaired) electrons. The largest absolute Gasteiger partial charge is 0.354 e. The summed E-state index contributed by atoms with van der Waals surface area (Å²) < 4.78 is 26.1. The van der Waals surface area contributed by atoms with E-state index in [1.165, 1.54) is 4.90 Å². The summed E-state index contributed by atoms with van der Waals surface area (Å²) in [6.45, 7) is 6.00. The van der Waals surface area contributed by atoms with Gasteiger partial charge in [0, 0.05) is 18.1 Å². The standard InChI is InChI=1S/C24H32ClN3O4S/c1-5-15-26-24(30)22(6-2)27(16-19-10-8-7-9-18(19)3)23(29)17-28(33(4,31)32)21-13-11-20(25)12-14-21/h7-14,22H,5-6,15-17H2,1-4H3,(H,26,30). The van der Waals surface area contributed by atoms with Crippen molar-refractivity contribution < 1.29 is 18.0 Å². The van der Waals surface area contributed by atoms with Crippen molar-refractivity contribution in [2.75, 3.05) is 23.7 Å². The topological polar surface area (TPSA) is 86.8 Å². The number of nitrogens with one attached hydrogen (secondary N) is 1. The average molecular weight is 494 g/mol. The quantitative estimate of drug-likeness (QED) is 0.516. The molecular weight excluding hydrogens is 462 g/mol. The maximum Gasteiger partial charge on any atom is 0.244 e. The summed E-state index contributed by atoms with van der Waals surface area (Å²) in [6.07, 6.45) is 2.21. The van der Waals surface area contributed by atoms with Crippen molar-refractivity contribution >= 4 is 39.1 Å². The Hall–Kier alpha value is -2.58. The van der Waals surface area contributed by atoms with Crippen LogP contribution in [0, 0.1) is 6.92 Å². The van der Waals surface area contributed by atoms with E-state index in [9.17, 15) is 18.0 Å². The van der Waals surface area contributed by atoms with Crippen molar-refractivity contribution in [2.24, 2.45) is 0 Å². The van der Waals surface area contributed by atoms with Gasteiger partial charge in [0.15, 0.2) is 0 Å². The predicted octanol–water partition coefficient (Wildman–Crippen LogP) is 3.75. The van der Waals surface area contributed by atoms with Gasteiger partial charge in [0.1, 0.15) is 12.6 Å². The van der Waals surface area contributed by atoms with Gasteiger partial charge in [-0.1, -0.05) is 49.7 Å². The number of hydrogen-bond acceptors (Lipinski definition) is 4. The van der Waals surface area contributed by atoms with Crippen molar-refractivity contribution in [3.63, 3.8) is 0 Å². The van der Waals surface area contributed by atoms with Gasteiger partial charge in [0.05, 0.1) is 11.9 Å². The molecule has 0 aliphatic rings. The SMILES string of the molecule is CCCNC(=O)C(CC)N(Cc1ccccc1C)C(=O)CN(c1ccc(Cl)cc1)S(C)(=O)=O. The summed E-state index contributed by atoms with van der Waals surface area (Å²) in [7, 11) is -3.77. The van der Waals surface area contributed by atoms with Crippen LogP contribution in [0.5, 0.6) is 0 Å². The molecule has 1 atom stereocenters. The van der Waals surface area contributed by atoms with Gasteiger partial charge in [-0.15, -0.1) is 0 Å². The lowest BCUT2D eigenvalue weighted by Gasteiger charge is -2.33. The minimum Gasteiger partial charge on any atom is -0.354 e. The molecule has 0 aliphatic heterocycles. The Morgan fingerprint density at radius 2 is 1.70 bits per heavy atom. The number of nitrogens with zero attached hydrogens (tertiary/aromatic N) is 2. The zero-order valence-electron chi connectivity index (χ0n) is 19.5. The number of halogens is 1. The summed E-state index contributed by atoms with van der Waals surface area (Å²) in [5, 5.41) is 3.32. The number of carbonyl (C=O) groups is 2. The first kappa shape index (κ1) is 26.7. The van der Waals surface area contributed by atoms with Gasteiger partial charge in [0.25, 0.3) is 0 Å². The molecule has 2 aromatic carbocycles. The molecule has 7 nitrogen and oxygen atoms in total. The molecule has 0 aliphatic carbocycles. The molecule has 0 heterocycles. The lowest BCUT2D eigenvalue weighted by Crippen LogP contribution is -2.52. The van der Waals surface area contributed by atoms with Gasteiger partial charge < -0.3 is 10.2 Å². The van der Waals surface area contributed by atoms with Crippen LogP contribution < -0.4 is 9.62 Å². The Morgan fingerprint density at radius 3 is 2.24 bits per heavy atom. The highest BCUT2D eigenvalue weighted by Crippen LogP contribution is 2.22. The molecule has 0 spiro atoms. The first-order valence-electron chi connectivity index (χ1n) is 10.9. The molecule has 2 amide bonds. The minimum atomic E-state index is -3.77. The Morgan fingerprint density at radius 1 is 1.06 bits per heavy atom. The zero-order chi connectivity index (χ0) is 24.6. The molecule has 9 heteroatoms. The van der Waals surface area contributed by atoms with Gasteiger partial charge in [-0.3, -0.25) is 13.9 Å². The molecule has 2 aromatic rings. The Balaban J connectivity index is 2.42. The van der Waals surface area contributed by atoms with E-state index in [-0.39, 0.29) is 12.5 Å². The minimum absolute atomic E-state index is 0.196. The molecule has 0 saturated carbocycles. The van der Waals surface area contributed by atoms with Gasteiger partial charge in [-0.2, -0.15) is 0 Å². The average Bonchev–Trinajstić information content (AvgIpc) is 2.77. The van der Waals surface area contributed by atoms with Crippen molar-refractivity contribution in [3.8, 4) is 0 Å². The second-order valence-corrected chi connectivity index (χ2v) is 10.3. The van der Waals surface area contributed by atoms with E-state index in [2.05, 4.69) is 5.32 Å². The van der Waals surface area contributed by atoms with Gasteiger partial charge in [-0.25, -0.2) is 8.42 Å². The number of aryl methyl sites for hydroxylation is 1. The number of sulfonamides is 1. The van der Waals surface area contributed by atoms with Crippen LogP contribution in [0.3, 0.4) is 0 Å². The summed E-state index contributed by atoms with van der Waals surface area (Å²) >= 11 is 5.94. The zero-order valence-corrected chi connectivity index (χ0v) is 21.1. The van der Waals surface area contributed by atoms with Crippen LogP contribution in [0.25, 0.3) is 0 Å². The number of anilines is 1. The van der Waals surface area contributed by atoms with Crippen LogP contribution in [0.2, 0.25) is 5.02 Å². The first-order valence-corrected chi connectivity index (χ1v) is 13.2. The Bertz CT molecular complexity index is 1060. The van der Waals surface area contributed by atoms with E-state index in [0.29, 0.717) is 23.7 Å². The van der Waals surface area contributed by atoms with Crippen molar-refractivity contribution in [1.82, 2.24) is 10.2 Å². The number of amides is 2. The summed E-state index contributed by atoms with van der Waals surface area (Å²) in [5.41, 5.74) is 2.20. The third kappa shape index (κ3) is 7.47. The van der Waals surface area contributed by atoms with E-state index in [4.69, 9.17) is 11.6 Å². The fourth-order valence-electron chi connectivity index (χ4n) is 3.48.